The maximum Gasteiger partial charge on any atom is 0.310 e. The highest BCUT2D eigenvalue weighted by atomic mass is 35.5. The number of hydrogen-bond donors (Lipinski definition) is 0. The van der Waals surface area contributed by atoms with Crippen molar-refractivity contribution in [1.29, 1.82) is 0 Å². The molecule has 3 nitrogen and oxygen atoms in total. The number of carbonyl (C=O) groups excluding carboxylic acids is 1. The summed E-state index contributed by atoms with van der Waals surface area (Å²) in [6, 6.07) is 10.6. The summed E-state index contributed by atoms with van der Waals surface area (Å²) >= 11 is 1.93. The number of halogens is 1. The van der Waals surface area contributed by atoms with Gasteiger partial charge in [0.15, 0.2) is 0 Å². The molecule has 0 aromatic heterocycles. The lowest BCUT2D eigenvalue weighted by atomic mass is 9.98. The summed E-state index contributed by atoms with van der Waals surface area (Å²) in [5.74, 6) is 1.25. The van der Waals surface area contributed by atoms with E-state index in [4.69, 9.17) is 4.74 Å². The van der Waals surface area contributed by atoms with Crippen LogP contribution in [0.2, 0.25) is 0 Å². The third-order valence-corrected chi connectivity index (χ3v) is 5.10. The van der Waals surface area contributed by atoms with E-state index in [0.717, 1.165) is 32.5 Å². The molecule has 0 amide bonds. The van der Waals surface area contributed by atoms with E-state index in [1.165, 1.54) is 23.5 Å². The summed E-state index contributed by atoms with van der Waals surface area (Å²) in [7, 11) is 0. The van der Waals surface area contributed by atoms with Crippen LogP contribution < -0.4 is 0 Å². The zero-order valence-corrected chi connectivity index (χ0v) is 15.5. The third-order valence-electron chi connectivity index (χ3n) is 4.01. The minimum Gasteiger partial charge on any atom is -0.466 e. The third kappa shape index (κ3) is 7.60. The first-order valence-electron chi connectivity index (χ1n) is 8.36. The van der Waals surface area contributed by atoms with Gasteiger partial charge in [-0.15, -0.1) is 24.2 Å². The fraction of sp³-hybridized carbons (Fsp3) is 0.611. The standard InChI is InChI=1S/C18H27NO2S.ClH/c1-2-21-18(20)16-9-8-13-19(15-16)12-6-7-14-22-17-10-4-3-5-11-17;/h3-5,10-11,16H,2,6-9,12-15H2,1H3;1H. The highest BCUT2D eigenvalue weighted by Gasteiger charge is 2.26. The van der Waals surface area contributed by atoms with Crippen LogP contribution in [0.15, 0.2) is 35.2 Å². The van der Waals surface area contributed by atoms with Crippen molar-refractivity contribution in [3.8, 4) is 0 Å². The van der Waals surface area contributed by atoms with Crippen LogP contribution >= 0.6 is 24.2 Å². The molecule has 0 radical (unpaired) electrons. The number of ether oxygens (including phenoxy) is 1. The van der Waals surface area contributed by atoms with Gasteiger partial charge in [-0.1, -0.05) is 18.2 Å². The van der Waals surface area contributed by atoms with Crippen LogP contribution in [0.3, 0.4) is 0 Å². The zero-order chi connectivity index (χ0) is 15.6. The first kappa shape index (κ1) is 20.3. The van der Waals surface area contributed by atoms with Crippen LogP contribution in [0.1, 0.15) is 32.6 Å². The van der Waals surface area contributed by atoms with Gasteiger partial charge in [-0.2, -0.15) is 0 Å². The number of thioether (sulfide) groups is 1. The van der Waals surface area contributed by atoms with Crippen molar-refractivity contribution in [2.24, 2.45) is 5.92 Å². The molecule has 1 fully saturated rings. The molecule has 23 heavy (non-hydrogen) atoms. The minimum atomic E-state index is -0.00756. The Morgan fingerprint density at radius 1 is 1.30 bits per heavy atom. The van der Waals surface area contributed by atoms with Gasteiger partial charge < -0.3 is 9.64 Å². The molecule has 1 unspecified atom stereocenters. The zero-order valence-electron chi connectivity index (χ0n) is 13.9. The Kier molecular flexibility index (Phi) is 10.4. The summed E-state index contributed by atoms with van der Waals surface area (Å²) in [6.07, 6.45) is 4.52. The molecular formula is C18H28ClNO2S. The van der Waals surface area contributed by atoms with Crippen LogP contribution in [0.25, 0.3) is 0 Å². The quantitative estimate of drug-likeness (QED) is 0.395. The summed E-state index contributed by atoms with van der Waals surface area (Å²) in [6.45, 7) is 5.48. The van der Waals surface area contributed by atoms with Gasteiger partial charge in [-0.3, -0.25) is 4.79 Å². The number of hydrogen-bond acceptors (Lipinski definition) is 4. The number of unbranched alkanes of at least 4 members (excludes halogenated alkanes) is 1. The molecular weight excluding hydrogens is 330 g/mol. The molecule has 0 bridgehead atoms. The molecule has 1 aliphatic rings. The van der Waals surface area contributed by atoms with E-state index in [1.54, 1.807) is 0 Å². The Balaban J connectivity index is 0.00000264. The lowest BCUT2D eigenvalue weighted by Crippen LogP contribution is -2.39. The van der Waals surface area contributed by atoms with Gasteiger partial charge in [-0.25, -0.2) is 0 Å². The van der Waals surface area contributed by atoms with Crippen molar-refractivity contribution in [2.75, 3.05) is 32.0 Å². The number of likely N-dealkylation sites (tertiary alicyclic amines) is 1. The Morgan fingerprint density at radius 2 is 2.09 bits per heavy atom. The smallest absolute Gasteiger partial charge is 0.310 e. The molecule has 0 spiro atoms. The van der Waals surface area contributed by atoms with Gasteiger partial charge >= 0.3 is 5.97 Å². The first-order valence-corrected chi connectivity index (χ1v) is 9.35. The normalized spacial score (nSPS) is 18.2. The maximum atomic E-state index is 11.8. The molecule has 1 heterocycles. The average Bonchev–Trinajstić information content (AvgIpc) is 2.56. The van der Waals surface area contributed by atoms with Crippen LogP contribution in [-0.2, 0) is 9.53 Å². The fourth-order valence-electron chi connectivity index (χ4n) is 2.86. The van der Waals surface area contributed by atoms with E-state index in [0.29, 0.717) is 6.61 Å². The van der Waals surface area contributed by atoms with Crippen molar-refractivity contribution < 1.29 is 9.53 Å². The summed E-state index contributed by atoms with van der Waals surface area (Å²) in [5.41, 5.74) is 0. The molecule has 130 valence electrons. The molecule has 1 aliphatic heterocycles. The van der Waals surface area contributed by atoms with Gasteiger partial charge in [0.05, 0.1) is 12.5 Å². The lowest BCUT2D eigenvalue weighted by Gasteiger charge is -2.31. The molecule has 0 N–H and O–H groups in total. The van der Waals surface area contributed by atoms with E-state index in [2.05, 4.69) is 35.2 Å². The topological polar surface area (TPSA) is 29.5 Å². The van der Waals surface area contributed by atoms with Crippen LogP contribution in [0.4, 0.5) is 0 Å². The second-order valence-corrected chi connectivity index (χ2v) is 6.93. The monoisotopic (exact) mass is 357 g/mol. The Labute approximate surface area is 150 Å². The number of esters is 1. The highest BCUT2D eigenvalue weighted by Crippen LogP contribution is 2.20. The number of carbonyl (C=O) groups is 1. The molecule has 0 saturated carbocycles. The Morgan fingerprint density at radius 3 is 2.83 bits per heavy atom. The Hall–Kier alpha value is -0.710. The van der Waals surface area contributed by atoms with Gasteiger partial charge in [0.1, 0.15) is 0 Å². The molecule has 1 atom stereocenters. The van der Waals surface area contributed by atoms with Gasteiger partial charge in [-0.05, 0) is 63.6 Å². The van der Waals surface area contributed by atoms with Crippen molar-refractivity contribution >= 4 is 30.1 Å². The van der Waals surface area contributed by atoms with Crippen LogP contribution in [0.5, 0.6) is 0 Å². The van der Waals surface area contributed by atoms with E-state index in [9.17, 15) is 4.79 Å². The number of piperidine rings is 1. The SMILES string of the molecule is CCOC(=O)C1CCCN(CCCCSc2ccccc2)C1.Cl. The molecule has 0 aliphatic carbocycles. The molecule has 1 aromatic rings. The number of rotatable bonds is 8. The maximum absolute atomic E-state index is 11.8. The van der Waals surface area contributed by atoms with Crippen molar-refractivity contribution in [2.45, 2.75) is 37.5 Å². The van der Waals surface area contributed by atoms with Crippen molar-refractivity contribution in [3.05, 3.63) is 30.3 Å². The number of nitrogens with zero attached hydrogens (tertiary/aromatic N) is 1. The number of benzene rings is 1. The molecule has 2 rings (SSSR count). The molecule has 1 aromatic carbocycles. The molecule has 1 saturated heterocycles. The van der Waals surface area contributed by atoms with Crippen molar-refractivity contribution in [3.63, 3.8) is 0 Å². The largest absolute Gasteiger partial charge is 0.466 e. The van der Waals surface area contributed by atoms with E-state index in [1.807, 2.05) is 18.7 Å². The van der Waals surface area contributed by atoms with E-state index >= 15 is 0 Å². The predicted octanol–water partition coefficient (Wildman–Crippen LogP) is 4.26. The van der Waals surface area contributed by atoms with Gasteiger partial charge in [0.25, 0.3) is 0 Å². The Bertz CT molecular complexity index is 444. The first-order chi connectivity index (χ1) is 10.8. The van der Waals surface area contributed by atoms with Crippen LogP contribution in [0, 0.1) is 5.92 Å². The highest BCUT2D eigenvalue weighted by molar-refractivity contribution is 7.99. The average molecular weight is 358 g/mol. The molecule has 5 heteroatoms. The minimum absolute atomic E-state index is 0. The summed E-state index contributed by atoms with van der Waals surface area (Å²) < 4.78 is 5.15. The fourth-order valence-corrected chi connectivity index (χ4v) is 3.79. The summed E-state index contributed by atoms with van der Waals surface area (Å²) in [4.78, 5) is 15.6. The second kappa shape index (κ2) is 11.8. The predicted molar refractivity (Wildman–Crippen MR) is 99.4 cm³/mol. The van der Waals surface area contributed by atoms with Gasteiger partial charge in [0.2, 0.25) is 0 Å². The van der Waals surface area contributed by atoms with E-state index in [-0.39, 0.29) is 24.3 Å². The van der Waals surface area contributed by atoms with Gasteiger partial charge in [0, 0.05) is 11.4 Å². The summed E-state index contributed by atoms with van der Waals surface area (Å²) in [5, 5.41) is 0. The second-order valence-electron chi connectivity index (χ2n) is 5.76. The van der Waals surface area contributed by atoms with Crippen molar-refractivity contribution in [1.82, 2.24) is 4.90 Å². The lowest BCUT2D eigenvalue weighted by molar-refractivity contribution is -0.149. The van der Waals surface area contributed by atoms with E-state index < -0.39 is 0 Å². The van der Waals surface area contributed by atoms with Crippen LogP contribution in [-0.4, -0.2) is 42.9 Å².